The highest BCUT2D eigenvalue weighted by Crippen LogP contribution is 2.14. The molecule has 1 fully saturated rings. The first kappa shape index (κ1) is 16.2. The number of hydrogen-bond acceptors (Lipinski definition) is 3. The summed E-state index contributed by atoms with van der Waals surface area (Å²) in [6, 6.07) is 0. The highest BCUT2D eigenvalue weighted by Gasteiger charge is 2.16. The van der Waals surface area contributed by atoms with Gasteiger partial charge in [0.25, 0.3) is 0 Å². The Hall–Kier alpha value is -0.810. The number of rotatable bonds is 7. The second-order valence-corrected chi connectivity index (χ2v) is 5.11. The van der Waals surface area contributed by atoms with Crippen LogP contribution in [0.4, 0.5) is 0 Å². The van der Waals surface area contributed by atoms with Crippen LogP contribution in [-0.2, 0) is 4.74 Å². The predicted octanol–water partition coefficient (Wildman–Crippen LogP) is 0.920. The number of hydrogen-bond donors (Lipinski definition) is 2. The Morgan fingerprint density at radius 2 is 2.21 bits per heavy atom. The van der Waals surface area contributed by atoms with E-state index >= 15 is 0 Å². The molecule has 0 aromatic heterocycles. The van der Waals surface area contributed by atoms with E-state index in [2.05, 4.69) is 34.5 Å². The molecule has 0 aromatic carbocycles. The lowest BCUT2D eigenvalue weighted by atomic mass is 9.99. The van der Waals surface area contributed by atoms with Gasteiger partial charge in [0, 0.05) is 32.8 Å². The molecule has 0 aliphatic carbocycles. The Labute approximate surface area is 117 Å². The second kappa shape index (κ2) is 10.0. The van der Waals surface area contributed by atoms with Gasteiger partial charge in [0.05, 0.1) is 6.61 Å². The Balaban J connectivity index is 2.30. The Bertz CT molecular complexity index is 258. The van der Waals surface area contributed by atoms with E-state index in [-0.39, 0.29) is 0 Å². The first-order valence-corrected chi connectivity index (χ1v) is 7.54. The maximum Gasteiger partial charge on any atom is 0.191 e. The van der Waals surface area contributed by atoms with Crippen molar-refractivity contribution in [1.29, 1.82) is 0 Å². The summed E-state index contributed by atoms with van der Waals surface area (Å²) in [4.78, 5) is 7.08. The summed E-state index contributed by atoms with van der Waals surface area (Å²) in [5.74, 6) is 1.61. The molecule has 1 heterocycles. The highest BCUT2D eigenvalue weighted by molar-refractivity contribution is 5.79. The third-order valence-corrected chi connectivity index (χ3v) is 3.32. The average molecular weight is 270 g/mol. The molecule has 1 aliphatic rings. The van der Waals surface area contributed by atoms with Gasteiger partial charge in [-0.3, -0.25) is 4.99 Å². The van der Waals surface area contributed by atoms with E-state index in [1.165, 1.54) is 25.9 Å². The molecular formula is C14H30N4O. The van der Waals surface area contributed by atoms with Gasteiger partial charge in [0.15, 0.2) is 5.96 Å². The van der Waals surface area contributed by atoms with Crippen LogP contribution in [0.2, 0.25) is 0 Å². The number of nitrogens with zero attached hydrogens (tertiary/aromatic N) is 2. The molecule has 1 atom stereocenters. The topological polar surface area (TPSA) is 48.9 Å². The van der Waals surface area contributed by atoms with Crippen molar-refractivity contribution in [2.75, 3.05) is 53.0 Å². The van der Waals surface area contributed by atoms with Crippen LogP contribution >= 0.6 is 0 Å². The normalized spacial score (nSPS) is 21.4. The Morgan fingerprint density at radius 3 is 2.89 bits per heavy atom. The van der Waals surface area contributed by atoms with Crippen LogP contribution < -0.4 is 10.6 Å². The van der Waals surface area contributed by atoms with E-state index in [1.807, 2.05) is 6.92 Å². The van der Waals surface area contributed by atoms with Gasteiger partial charge in [-0.2, -0.15) is 0 Å². The largest absolute Gasteiger partial charge is 0.380 e. The van der Waals surface area contributed by atoms with E-state index < -0.39 is 0 Å². The van der Waals surface area contributed by atoms with Crippen LogP contribution in [0.5, 0.6) is 0 Å². The fourth-order valence-electron chi connectivity index (χ4n) is 2.37. The van der Waals surface area contributed by atoms with E-state index in [4.69, 9.17) is 4.74 Å². The molecule has 1 aliphatic heterocycles. The molecule has 0 amide bonds. The van der Waals surface area contributed by atoms with Crippen LogP contribution in [-0.4, -0.2) is 63.8 Å². The fourth-order valence-corrected chi connectivity index (χ4v) is 2.37. The Kier molecular flexibility index (Phi) is 8.58. The Morgan fingerprint density at radius 1 is 1.37 bits per heavy atom. The summed E-state index contributed by atoms with van der Waals surface area (Å²) in [7, 11) is 2.20. The SMILES string of the molecule is CCNC(=NCC1CCCN(C)C1)NCCOCC. The van der Waals surface area contributed by atoms with Gasteiger partial charge in [-0.25, -0.2) is 0 Å². The van der Waals surface area contributed by atoms with E-state index in [0.717, 1.165) is 38.8 Å². The third-order valence-electron chi connectivity index (χ3n) is 3.32. The summed E-state index contributed by atoms with van der Waals surface area (Å²) in [5, 5.41) is 6.59. The fraction of sp³-hybridized carbons (Fsp3) is 0.929. The smallest absolute Gasteiger partial charge is 0.191 e. The molecule has 0 radical (unpaired) electrons. The second-order valence-electron chi connectivity index (χ2n) is 5.11. The van der Waals surface area contributed by atoms with Crippen molar-refractivity contribution in [3.8, 4) is 0 Å². The number of aliphatic imine (C=N–C) groups is 1. The van der Waals surface area contributed by atoms with Gasteiger partial charge < -0.3 is 20.3 Å². The summed E-state index contributed by atoms with van der Waals surface area (Å²) < 4.78 is 5.32. The van der Waals surface area contributed by atoms with Crippen molar-refractivity contribution in [2.24, 2.45) is 10.9 Å². The zero-order valence-electron chi connectivity index (χ0n) is 12.7. The zero-order chi connectivity index (χ0) is 13.9. The van der Waals surface area contributed by atoms with Crippen molar-refractivity contribution in [2.45, 2.75) is 26.7 Å². The lowest BCUT2D eigenvalue weighted by Crippen LogP contribution is -2.40. The number of nitrogens with one attached hydrogen (secondary N) is 2. The maximum atomic E-state index is 5.32. The van der Waals surface area contributed by atoms with Gasteiger partial charge >= 0.3 is 0 Å². The molecule has 0 spiro atoms. The molecule has 0 bridgehead atoms. The van der Waals surface area contributed by atoms with Crippen LogP contribution in [0.25, 0.3) is 0 Å². The quantitative estimate of drug-likeness (QED) is 0.410. The molecule has 19 heavy (non-hydrogen) atoms. The van der Waals surface area contributed by atoms with Gasteiger partial charge in [0.2, 0.25) is 0 Å². The van der Waals surface area contributed by atoms with Gasteiger partial charge in [-0.1, -0.05) is 0 Å². The van der Waals surface area contributed by atoms with Crippen LogP contribution in [0.3, 0.4) is 0 Å². The van der Waals surface area contributed by atoms with Crippen molar-refractivity contribution in [1.82, 2.24) is 15.5 Å². The third kappa shape index (κ3) is 7.38. The number of piperidine rings is 1. The zero-order valence-corrected chi connectivity index (χ0v) is 12.7. The lowest BCUT2D eigenvalue weighted by Gasteiger charge is -2.28. The molecule has 1 saturated heterocycles. The molecular weight excluding hydrogens is 240 g/mol. The first-order valence-electron chi connectivity index (χ1n) is 7.54. The van der Waals surface area contributed by atoms with Crippen molar-refractivity contribution in [3.05, 3.63) is 0 Å². The average Bonchev–Trinajstić information content (AvgIpc) is 2.41. The summed E-state index contributed by atoms with van der Waals surface area (Å²) in [6.45, 7) is 10.6. The molecule has 0 aromatic rings. The summed E-state index contributed by atoms with van der Waals surface area (Å²) >= 11 is 0. The minimum atomic E-state index is 0.695. The molecule has 0 saturated carbocycles. The van der Waals surface area contributed by atoms with Crippen molar-refractivity contribution >= 4 is 5.96 Å². The molecule has 1 unspecified atom stereocenters. The van der Waals surface area contributed by atoms with Crippen molar-refractivity contribution in [3.63, 3.8) is 0 Å². The first-order chi connectivity index (χ1) is 9.26. The van der Waals surface area contributed by atoms with Crippen LogP contribution in [0, 0.1) is 5.92 Å². The van der Waals surface area contributed by atoms with Crippen LogP contribution in [0.15, 0.2) is 4.99 Å². The lowest BCUT2D eigenvalue weighted by molar-refractivity contribution is 0.152. The number of ether oxygens (including phenoxy) is 1. The standard InChI is InChI=1S/C14H30N4O/c1-4-15-14(16-8-10-19-5-2)17-11-13-7-6-9-18(3)12-13/h13H,4-12H2,1-3H3,(H2,15,16,17). The summed E-state index contributed by atoms with van der Waals surface area (Å²) in [6.07, 6.45) is 2.59. The van der Waals surface area contributed by atoms with Crippen molar-refractivity contribution < 1.29 is 4.74 Å². The predicted molar refractivity (Wildman–Crippen MR) is 80.7 cm³/mol. The minimum Gasteiger partial charge on any atom is -0.380 e. The molecule has 1 rings (SSSR count). The van der Waals surface area contributed by atoms with E-state index in [1.54, 1.807) is 0 Å². The molecule has 5 nitrogen and oxygen atoms in total. The van der Waals surface area contributed by atoms with E-state index in [0.29, 0.717) is 5.92 Å². The highest BCUT2D eigenvalue weighted by atomic mass is 16.5. The van der Waals surface area contributed by atoms with Gasteiger partial charge in [-0.05, 0) is 46.2 Å². The summed E-state index contributed by atoms with van der Waals surface area (Å²) in [5.41, 5.74) is 0. The molecule has 112 valence electrons. The van der Waals surface area contributed by atoms with Gasteiger partial charge in [-0.15, -0.1) is 0 Å². The number of guanidine groups is 1. The molecule has 5 heteroatoms. The maximum absolute atomic E-state index is 5.32. The number of likely N-dealkylation sites (tertiary alicyclic amines) is 1. The minimum absolute atomic E-state index is 0.695. The van der Waals surface area contributed by atoms with E-state index in [9.17, 15) is 0 Å². The monoisotopic (exact) mass is 270 g/mol. The molecule has 2 N–H and O–H groups in total. The van der Waals surface area contributed by atoms with Crippen LogP contribution in [0.1, 0.15) is 26.7 Å². The van der Waals surface area contributed by atoms with Gasteiger partial charge in [0.1, 0.15) is 0 Å².